The smallest absolute Gasteiger partial charge is 0.223 e. The Morgan fingerprint density at radius 3 is 2.44 bits per heavy atom. The van der Waals surface area contributed by atoms with E-state index in [9.17, 15) is 0 Å². The predicted octanol–water partition coefficient (Wildman–Crippen LogP) is 4.92. The van der Waals surface area contributed by atoms with Crippen LogP contribution in [0.4, 0.5) is 11.4 Å². The number of nitrogens with zero attached hydrogens (tertiary/aromatic N) is 2. The summed E-state index contributed by atoms with van der Waals surface area (Å²) in [5.41, 5.74) is 5.58. The predicted molar refractivity (Wildman–Crippen MR) is 113 cm³/mol. The number of aryl methyl sites for hydroxylation is 4. The van der Waals surface area contributed by atoms with Gasteiger partial charge in [-0.25, -0.2) is 8.95 Å². The van der Waals surface area contributed by atoms with Crippen LogP contribution in [0.25, 0.3) is 0 Å². The maximum absolute atomic E-state index is 8.29. The molecule has 0 saturated carbocycles. The number of methoxy groups -OCH3 is 1. The lowest BCUT2D eigenvalue weighted by Gasteiger charge is -2.13. The fourth-order valence-corrected chi connectivity index (χ4v) is 3.48. The lowest BCUT2D eigenvalue weighted by atomic mass is 10.1. The fraction of sp³-hybridized carbons (Fsp3) is 0.238. The molecule has 0 atom stereocenters. The van der Waals surface area contributed by atoms with Crippen molar-refractivity contribution in [2.75, 3.05) is 12.4 Å². The first-order chi connectivity index (χ1) is 12.9. The monoisotopic (exact) mass is 380 g/mol. The second kappa shape index (κ2) is 7.80. The molecule has 0 aliphatic rings. The van der Waals surface area contributed by atoms with Crippen LogP contribution >= 0.6 is 11.5 Å². The van der Waals surface area contributed by atoms with Crippen molar-refractivity contribution < 1.29 is 4.74 Å². The minimum Gasteiger partial charge on any atom is -0.494 e. The lowest BCUT2D eigenvalue weighted by Crippen LogP contribution is -2.28. The molecule has 27 heavy (non-hydrogen) atoms. The molecule has 0 spiro atoms. The first-order valence-corrected chi connectivity index (χ1v) is 9.47. The summed E-state index contributed by atoms with van der Waals surface area (Å²) in [6.45, 7) is 8.18. The summed E-state index contributed by atoms with van der Waals surface area (Å²) >= 11 is 1.48. The maximum atomic E-state index is 8.29. The molecule has 1 aromatic heterocycles. The number of hydrogen-bond donors (Lipinski definition) is 2. The molecule has 140 valence electrons. The molecular formula is C21H24N4OS. The molecule has 3 aromatic rings. The summed E-state index contributed by atoms with van der Waals surface area (Å²) in [6, 6.07) is 13.9. The molecule has 0 unspecified atom stereocenters. The van der Waals surface area contributed by atoms with E-state index < -0.39 is 0 Å². The molecule has 1 heterocycles. The highest BCUT2D eigenvalue weighted by atomic mass is 32.1. The van der Waals surface area contributed by atoms with E-state index >= 15 is 0 Å². The minimum absolute atomic E-state index is 0.388. The SMILES string of the molecule is COc1ccc(C)cc1N=C(Nc1ccc(C)c(C)c1)n1sc(C)cc1=N. The van der Waals surface area contributed by atoms with Gasteiger partial charge in [-0.2, -0.15) is 0 Å². The fourth-order valence-electron chi connectivity index (χ4n) is 2.70. The number of aromatic nitrogens is 1. The second-order valence-electron chi connectivity index (χ2n) is 6.56. The van der Waals surface area contributed by atoms with Gasteiger partial charge in [0.25, 0.3) is 0 Å². The van der Waals surface area contributed by atoms with Crippen molar-refractivity contribution in [1.82, 2.24) is 3.96 Å². The van der Waals surface area contributed by atoms with Crippen LogP contribution in [0, 0.1) is 33.1 Å². The van der Waals surface area contributed by atoms with Gasteiger partial charge in [-0.3, -0.25) is 5.41 Å². The van der Waals surface area contributed by atoms with Crippen molar-refractivity contribution in [3.63, 3.8) is 0 Å². The van der Waals surface area contributed by atoms with Gasteiger partial charge in [0, 0.05) is 10.6 Å². The first-order valence-electron chi connectivity index (χ1n) is 8.70. The number of nitrogens with one attached hydrogen (secondary N) is 2. The van der Waals surface area contributed by atoms with Crippen molar-refractivity contribution in [3.8, 4) is 5.75 Å². The molecule has 0 aliphatic carbocycles. The van der Waals surface area contributed by atoms with E-state index in [4.69, 9.17) is 15.1 Å². The molecule has 0 aliphatic heterocycles. The van der Waals surface area contributed by atoms with E-state index in [0.29, 0.717) is 17.2 Å². The highest BCUT2D eigenvalue weighted by Crippen LogP contribution is 2.29. The standard InChI is InChI=1S/C21H24N4OS/c1-13-6-9-19(26-5)18(10-13)24-21(25-20(22)12-16(4)27-25)23-17-8-7-14(2)15(3)11-17/h6-12,22H,1-5H3,(H,23,24). The van der Waals surface area contributed by atoms with Crippen LogP contribution in [0.1, 0.15) is 21.6 Å². The molecule has 2 aromatic carbocycles. The first kappa shape index (κ1) is 18.9. The van der Waals surface area contributed by atoms with Gasteiger partial charge in [0.05, 0.1) is 7.11 Å². The molecule has 3 rings (SSSR count). The summed E-state index contributed by atoms with van der Waals surface area (Å²) in [6.07, 6.45) is 0. The summed E-state index contributed by atoms with van der Waals surface area (Å²) in [7, 11) is 1.64. The third-order valence-electron chi connectivity index (χ3n) is 4.31. The molecule has 0 saturated heterocycles. The maximum Gasteiger partial charge on any atom is 0.223 e. The van der Waals surface area contributed by atoms with Crippen LogP contribution < -0.4 is 15.5 Å². The van der Waals surface area contributed by atoms with Gasteiger partial charge in [0.1, 0.15) is 16.9 Å². The molecular weight excluding hydrogens is 356 g/mol. The van der Waals surface area contributed by atoms with Crippen LogP contribution in [0.5, 0.6) is 5.75 Å². The number of anilines is 1. The van der Waals surface area contributed by atoms with Crippen LogP contribution in [-0.2, 0) is 0 Å². The van der Waals surface area contributed by atoms with Crippen LogP contribution in [0.3, 0.4) is 0 Å². The number of aliphatic imine (C=N–C) groups is 1. The third-order valence-corrected chi connectivity index (χ3v) is 5.27. The van der Waals surface area contributed by atoms with Gasteiger partial charge < -0.3 is 10.1 Å². The van der Waals surface area contributed by atoms with Gasteiger partial charge in [-0.1, -0.05) is 23.7 Å². The normalized spacial score (nSPS) is 11.5. The molecule has 2 N–H and O–H groups in total. The van der Waals surface area contributed by atoms with Crippen molar-refractivity contribution in [1.29, 1.82) is 5.41 Å². The number of benzene rings is 2. The van der Waals surface area contributed by atoms with E-state index in [0.717, 1.165) is 21.8 Å². The van der Waals surface area contributed by atoms with E-state index in [1.807, 2.05) is 44.2 Å². The second-order valence-corrected chi connectivity index (χ2v) is 7.75. The van der Waals surface area contributed by atoms with Crippen molar-refractivity contribution in [2.24, 2.45) is 4.99 Å². The Morgan fingerprint density at radius 1 is 1.04 bits per heavy atom. The molecule has 0 fully saturated rings. The quantitative estimate of drug-likeness (QED) is 0.500. The molecule has 5 nitrogen and oxygen atoms in total. The van der Waals surface area contributed by atoms with Crippen LogP contribution in [-0.4, -0.2) is 17.0 Å². The highest BCUT2D eigenvalue weighted by molar-refractivity contribution is 7.07. The lowest BCUT2D eigenvalue weighted by molar-refractivity contribution is 0.416. The Morgan fingerprint density at radius 2 is 1.81 bits per heavy atom. The van der Waals surface area contributed by atoms with Crippen LogP contribution in [0.2, 0.25) is 0 Å². The van der Waals surface area contributed by atoms with Crippen molar-refractivity contribution >= 4 is 28.9 Å². The Kier molecular flexibility index (Phi) is 5.46. The zero-order valence-electron chi connectivity index (χ0n) is 16.3. The Hall–Kier alpha value is -2.86. The highest BCUT2D eigenvalue weighted by Gasteiger charge is 2.11. The van der Waals surface area contributed by atoms with Gasteiger partial charge in [-0.15, -0.1) is 0 Å². The minimum atomic E-state index is 0.388. The van der Waals surface area contributed by atoms with E-state index in [1.165, 1.54) is 22.7 Å². The Labute approximate surface area is 163 Å². The summed E-state index contributed by atoms with van der Waals surface area (Å²) in [5, 5.41) is 11.7. The van der Waals surface area contributed by atoms with Gasteiger partial charge >= 0.3 is 0 Å². The van der Waals surface area contributed by atoms with E-state index in [2.05, 4.69) is 31.3 Å². The average Bonchev–Trinajstić information content (AvgIpc) is 2.96. The van der Waals surface area contributed by atoms with Crippen molar-refractivity contribution in [2.45, 2.75) is 27.7 Å². The largest absolute Gasteiger partial charge is 0.494 e. The topological polar surface area (TPSA) is 62.4 Å². The summed E-state index contributed by atoms with van der Waals surface area (Å²) < 4.78 is 7.25. The summed E-state index contributed by atoms with van der Waals surface area (Å²) in [4.78, 5) is 5.86. The Balaban J connectivity index is 2.13. The number of rotatable bonds is 3. The van der Waals surface area contributed by atoms with Crippen molar-refractivity contribution in [3.05, 3.63) is 69.5 Å². The molecule has 0 radical (unpaired) electrons. The van der Waals surface area contributed by atoms with Crippen LogP contribution in [0.15, 0.2) is 47.5 Å². The molecule has 6 heteroatoms. The van der Waals surface area contributed by atoms with Gasteiger partial charge in [-0.05, 0) is 74.7 Å². The third kappa shape index (κ3) is 4.28. The van der Waals surface area contributed by atoms with Gasteiger partial charge in [0.15, 0.2) is 0 Å². The Bertz CT molecular complexity index is 1060. The molecule has 0 bridgehead atoms. The average molecular weight is 381 g/mol. The number of ether oxygens (including phenoxy) is 1. The summed E-state index contributed by atoms with van der Waals surface area (Å²) in [5.74, 6) is 1.27. The zero-order valence-corrected chi connectivity index (χ0v) is 17.1. The van der Waals surface area contributed by atoms with Gasteiger partial charge in [0.2, 0.25) is 5.96 Å². The van der Waals surface area contributed by atoms with E-state index in [1.54, 1.807) is 11.1 Å². The molecule has 0 amide bonds. The zero-order chi connectivity index (χ0) is 19.6. The number of hydrogen-bond acceptors (Lipinski definition) is 4. The van der Waals surface area contributed by atoms with E-state index in [-0.39, 0.29) is 0 Å².